The third kappa shape index (κ3) is 4.23. The average molecular weight is 313 g/mol. The molecule has 6 nitrogen and oxygen atoms in total. The van der Waals surface area contributed by atoms with Crippen LogP contribution >= 0.6 is 0 Å². The van der Waals surface area contributed by atoms with Crippen molar-refractivity contribution >= 4 is 23.5 Å². The number of ether oxygens (including phenoxy) is 2. The first-order chi connectivity index (χ1) is 11.0. The van der Waals surface area contributed by atoms with Crippen molar-refractivity contribution in [2.24, 2.45) is 0 Å². The van der Waals surface area contributed by atoms with Gasteiger partial charge in [0.05, 0.1) is 25.6 Å². The summed E-state index contributed by atoms with van der Waals surface area (Å²) in [5, 5.41) is 2.68. The second-order valence-electron chi connectivity index (χ2n) is 4.81. The highest BCUT2D eigenvalue weighted by Crippen LogP contribution is 2.27. The van der Waals surface area contributed by atoms with Gasteiger partial charge in [-0.3, -0.25) is 4.79 Å². The van der Waals surface area contributed by atoms with Crippen LogP contribution in [-0.4, -0.2) is 25.1 Å². The highest BCUT2D eigenvalue weighted by molar-refractivity contribution is 6.01. The molecule has 1 aromatic carbocycles. The summed E-state index contributed by atoms with van der Waals surface area (Å²) in [4.78, 5) is 16.1. The fourth-order valence-electron chi connectivity index (χ4n) is 1.94. The van der Waals surface area contributed by atoms with Gasteiger partial charge in [0.1, 0.15) is 5.82 Å². The van der Waals surface area contributed by atoms with Crippen LogP contribution in [-0.2, 0) is 4.79 Å². The molecule has 0 radical (unpaired) electrons. The molecule has 2 rings (SSSR count). The average Bonchev–Trinajstić information content (AvgIpc) is 2.56. The van der Waals surface area contributed by atoms with E-state index in [1.54, 1.807) is 51.5 Å². The molecular weight excluding hydrogens is 294 g/mol. The Labute approximate surface area is 134 Å². The molecule has 0 unspecified atom stereocenters. The van der Waals surface area contributed by atoms with Crippen molar-refractivity contribution in [1.29, 1.82) is 0 Å². The van der Waals surface area contributed by atoms with Gasteiger partial charge in [-0.2, -0.15) is 0 Å². The number of hydrogen-bond donors (Lipinski definition) is 2. The van der Waals surface area contributed by atoms with Crippen molar-refractivity contribution < 1.29 is 14.3 Å². The minimum absolute atomic E-state index is 0.281. The van der Waals surface area contributed by atoms with Crippen LogP contribution in [0.1, 0.15) is 11.3 Å². The SMILES string of the molecule is COc1ccc(/C=C/C(=O)Nc2ccc(N)c(C)n2)cc1OC. The number of benzene rings is 1. The molecule has 0 saturated heterocycles. The minimum Gasteiger partial charge on any atom is -0.493 e. The summed E-state index contributed by atoms with van der Waals surface area (Å²) < 4.78 is 10.4. The van der Waals surface area contributed by atoms with Crippen LogP contribution in [0.4, 0.5) is 11.5 Å². The van der Waals surface area contributed by atoms with Crippen LogP contribution < -0.4 is 20.5 Å². The molecule has 6 heteroatoms. The van der Waals surface area contributed by atoms with Crippen LogP contribution in [0.5, 0.6) is 11.5 Å². The van der Waals surface area contributed by atoms with Gasteiger partial charge in [-0.1, -0.05) is 6.07 Å². The Balaban J connectivity index is 2.07. The normalized spacial score (nSPS) is 10.6. The van der Waals surface area contributed by atoms with Gasteiger partial charge in [0.2, 0.25) is 5.91 Å². The van der Waals surface area contributed by atoms with Gasteiger partial charge in [0.25, 0.3) is 0 Å². The summed E-state index contributed by atoms with van der Waals surface area (Å²) in [6.45, 7) is 1.78. The standard InChI is InChI=1S/C17H19N3O3/c1-11-13(18)6-8-16(19-11)20-17(21)9-5-12-4-7-14(22-2)15(10-12)23-3/h4-10H,18H2,1-3H3,(H,19,20,21)/b9-5+. The van der Waals surface area contributed by atoms with Crippen LogP contribution in [0.15, 0.2) is 36.4 Å². The molecule has 0 aliphatic rings. The molecule has 1 heterocycles. The number of methoxy groups -OCH3 is 2. The second kappa shape index (κ2) is 7.31. The predicted molar refractivity (Wildman–Crippen MR) is 90.6 cm³/mol. The van der Waals surface area contributed by atoms with E-state index in [2.05, 4.69) is 10.3 Å². The van der Waals surface area contributed by atoms with Gasteiger partial charge >= 0.3 is 0 Å². The Kier molecular flexibility index (Phi) is 5.19. The van der Waals surface area contributed by atoms with E-state index in [1.807, 2.05) is 6.07 Å². The van der Waals surface area contributed by atoms with Crippen LogP contribution in [0, 0.1) is 6.92 Å². The second-order valence-corrected chi connectivity index (χ2v) is 4.81. The Morgan fingerprint density at radius 3 is 2.57 bits per heavy atom. The molecule has 23 heavy (non-hydrogen) atoms. The number of pyridine rings is 1. The topological polar surface area (TPSA) is 86.5 Å². The maximum Gasteiger partial charge on any atom is 0.249 e. The van der Waals surface area contributed by atoms with Crippen molar-refractivity contribution in [2.45, 2.75) is 6.92 Å². The molecule has 0 aliphatic carbocycles. The van der Waals surface area contributed by atoms with Gasteiger partial charge in [0.15, 0.2) is 11.5 Å². The van der Waals surface area contributed by atoms with Crippen molar-refractivity contribution in [1.82, 2.24) is 4.98 Å². The lowest BCUT2D eigenvalue weighted by Crippen LogP contribution is -2.10. The van der Waals surface area contributed by atoms with E-state index in [1.165, 1.54) is 6.08 Å². The fourth-order valence-corrected chi connectivity index (χ4v) is 1.94. The molecule has 0 bridgehead atoms. The Bertz CT molecular complexity index is 742. The predicted octanol–water partition coefficient (Wildman–Crippen LogP) is 2.64. The van der Waals surface area contributed by atoms with E-state index >= 15 is 0 Å². The van der Waals surface area contributed by atoms with Gasteiger partial charge < -0.3 is 20.5 Å². The Morgan fingerprint density at radius 1 is 1.17 bits per heavy atom. The van der Waals surface area contributed by atoms with Gasteiger partial charge in [-0.05, 0) is 42.8 Å². The van der Waals surface area contributed by atoms with Crippen molar-refractivity contribution in [3.63, 3.8) is 0 Å². The van der Waals surface area contributed by atoms with Gasteiger partial charge in [0, 0.05) is 6.08 Å². The molecule has 0 aliphatic heterocycles. The number of aromatic nitrogens is 1. The molecular formula is C17H19N3O3. The molecule has 0 saturated carbocycles. The molecule has 1 aromatic heterocycles. The number of anilines is 2. The summed E-state index contributed by atoms with van der Waals surface area (Å²) in [7, 11) is 3.13. The molecule has 2 aromatic rings. The van der Waals surface area contributed by atoms with Crippen LogP contribution in [0.3, 0.4) is 0 Å². The zero-order valence-electron chi connectivity index (χ0n) is 13.3. The molecule has 120 valence electrons. The van der Waals surface area contributed by atoms with Crippen LogP contribution in [0.2, 0.25) is 0 Å². The minimum atomic E-state index is -0.281. The first kappa shape index (κ1) is 16.4. The molecule has 3 N–H and O–H groups in total. The molecule has 0 atom stereocenters. The summed E-state index contributed by atoms with van der Waals surface area (Å²) in [5.74, 6) is 1.41. The molecule has 0 spiro atoms. The molecule has 1 amide bonds. The van der Waals surface area contributed by atoms with E-state index < -0.39 is 0 Å². The van der Waals surface area contributed by atoms with Crippen molar-refractivity contribution in [3.8, 4) is 11.5 Å². The third-order valence-electron chi connectivity index (χ3n) is 3.21. The first-order valence-electron chi connectivity index (χ1n) is 6.97. The monoisotopic (exact) mass is 313 g/mol. The first-order valence-corrected chi connectivity index (χ1v) is 6.97. The summed E-state index contributed by atoms with van der Waals surface area (Å²) in [5.41, 5.74) is 7.77. The maximum atomic E-state index is 11.9. The fraction of sp³-hybridized carbons (Fsp3) is 0.176. The number of carbonyl (C=O) groups is 1. The number of hydrogen-bond acceptors (Lipinski definition) is 5. The zero-order chi connectivity index (χ0) is 16.8. The van der Waals surface area contributed by atoms with Crippen molar-refractivity contribution in [3.05, 3.63) is 47.7 Å². The number of aryl methyl sites for hydroxylation is 1. The number of amides is 1. The zero-order valence-corrected chi connectivity index (χ0v) is 13.3. The highest BCUT2D eigenvalue weighted by atomic mass is 16.5. The largest absolute Gasteiger partial charge is 0.493 e. The maximum absolute atomic E-state index is 11.9. The number of nitrogens with one attached hydrogen (secondary N) is 1. The van der Waals surface area contributed by atoms with E-state index in [-0.39, 0.29) is 5.91 Å². The van der Waals surface area contributed by atoms with E-state index in [9.17, 15) is 4.79 Å². The van der Waals surface area contributed by atoms with E-state index in [0.717, 1.165) is 5.56 Å². The summed E-state index contributed by atoms with van der Waals surface area (Å²) in [6, 6.07) is 8.76. The number of nitrogens with zero attached hydrogens (tertiary/aromatic N) is 1. The number of nitrogen functional groups attached to an aromatic ring is 1. The molecule has 0 fully saturated rings. The summed E-state index contributed by atoms with van der Waals surface area (Å²) >= 11 is 0. The van der Waals surface area contributed by atoms with Crippen molar-refractivity contribution in [2.75, 3.05) is 25.3 Å². The Morgan fingerprint density at radius 2 is 1.91 bits per heavy atom. The number of nitrogens with two attached hydrogens (primary N) is 1. The van der Waals surface area contributed by atoms with E-state index in [4.69, 9.17) is 15.2 Å². The lowest BCUT2D eigenvalue weighted by molar-refractivity contribution is -0.111. The number of rotatable bonds is 5. The Hall–Kier alpha value is -3.02. The lowest BCUT2D eigenvalue weighted by atomic mass is 10.2. The third-order valence-corrected chi connectivity index (χ3v) is 3.21. The summed E-state index contributed by atoms with van der Waals surface area (Å²) in [6.07, 6.45) is 3.11. The lowest BCUT2D eigenvalue weighted by Gasteiger charge is -2.07. The van der Waals surface area contributed by atoms with Gasteiger partial charge in [-0.25, -0.2) is 4.98 Å². The van der Waals surface area contributed by atoms with E-state index in [0.29, 0.717) is 28.7 Å². The quantitative estimate of drug-likeness (QED) is 0.829. The van der Waals surface area contributed by atoms with Crippen LogP contribution in [0.25, 0.3) is 6.08 Å². The highest BCUT2D eigenvalue weighted by Gasteiger charge is 2.04. The van der Waals surface area contributed by atoms with Gasteiger partial charge in [-0.15, -0.1) is 0 Å². The number of carbonyl (C=O) groups excluding carboxylic acids is 1. The smallest absolute Gasteiger partial charge is 0.249 e.